The minimum absolute atomic E-state index is 0.124. The van der Waals surface area contributed by atoms with Gasteiger partial charge in [-0.3, -0.25) is 4.90 Å². The van der Waals surface area contributed by atoms with E-state index >= 15 is 0 Å². The van der Waals surface area contributed by atoms with Crippen LogP contribution in [0.2, 0.25) is 0 Å². The molecule has 2 amide bonds. The highest BCUT2D eigenvalue weighted by Crippen LogP contribution is 2.13. The summed E-state index contributed by atoms with van der Waals surface area (Å²) in [5, 5.41) is 11.5. The van der Waals surface area contributed by atoms with Gasteiger partial charge in [0, 0.05) is 25.2 Å². The Labute approximate surface area is 123 Å². The van der Waals surface area contributed by atoms with E-state index in [1.165, 1.54) is 6.07 Å². The van der Waals surface area contributed by atoms with E-state index in [2.05, 4.69) is 31.1 Å². The van der Waals surface area contributed by atoms with Crippen LogP contribution in [0.5, 0.6) is 0 Å². The summed E-state index contributed by atoms with van der Waals surface area (Å²) < 4.78 is 5.10. The molecule has 0 aliphatic carbocycles. The van der Waals surface area contributed by atoms with E-state index in [9.17, 15) is 9.59 Å². The number of aromatic carboxylic acids is 1. The van der Waals surface area contributed by atoms with Crippen molar-refractivity contribution in [1.29, 1.82) is 0 Å². The summed E-state index contributed by atoms with van der Waals surface area (Å²) in [4.78, 5) is 26.9. The summed E-state index contributed by atoms with van der Waals surface area (Å²) in [6.45, 7) is 5.70. The van der Waals surface area contributed by atoms with Crippen molar-refractivity contribution in [2.75, 3.05) is 20.1 Å². The number of rotatable bonds is 3. The normalized spacial score (nSPS) is 23.1. The van der Waals surface area contributed by atoms with Gasteiger partial charge in [-0.05, 0) is 33.0 Å². The number of carbonyl (C=O) groups excluding carboxylic acids is 1. The number of hydrogen-bond acceptors (Lipinski definition) is 4. The summed E-state index contributed by atoms with van der Waals surface area (Å²) >= 11 is 0. The van der Waals surface area contributed by atoms with Crippen molar-refractivity contribution in [2.24, 2.45) is 0 Å². The predicted molar refractivity (Wildman–Crippen MR) is 76.2 cm³/mol. The van der Waals surface area contributed by atoms with Crippen LogP contribution < -0.4 is 5.32 Å². The lowest BCUT2D eigenvalue weighted by atomic mass is 10.1. The van der Waals surface area contributed by atoms with E-state index in [4.69, 9.17) is 9.52 Å². The Kier molecular flexibility index (Phi) is 4.52. The first kappa shape index (κ1) is 15.4. The van der Waals surface area contributed by atoms with Crippen molar-refractivity contribution in [2.45, 2.75) is 32.5 Å². The number of urea groups is 1. The summed E-state index contributed by atoms with van der Waals surface area (Å²) in [5.74, 6) is -0.814. The molecule has 7 heteroatoms. The molecule has 0 saturated carbocycles. The molecular weight excluding hydrogens is 274 g/mol. The molecule has 0 bridgehead atoms. The third-order valence-electron chi connectivity index (χ3n) is 3.93. The van der Waals surface area contributed by atoms with Gasteiger partial charge in [0.15, 0.2) is 0 Å². The largest absolute Gasteiger partial charge is 0.475 e. The number of furan rings is 1. The number of carboxylic acids is 1. The van der Waals surface area contributed by atoms with Crippen molar-refractivity contribution < 1.29 is 19.1 Å². The molecule has 2 N–H and O–H groups in total. The van der Waals surface area contributed by atoms with Gasteiger partial charge in [0.05, 0.1) is 6.54 Å². The van der Waals surface area contributed by atoms with Crippen molar-refractivity contribution in [3.05, 3.63) is 23.7 Å². The Hall–Kier alpha value is -2.02. The van der Waals surface area contributed by atoms with Gasteiger partial charge in [-0.25, -0.2) is 9.59 Å². The molecule has 0 spiro atoms. The molecule has 1 aromatic heterocycles. The second-order valence-corrected chi connectivity index (χ2v) is 5.50. The lowest BCUT2D eigenvalue weighted by Gasteiger charge is -2.42. The van der Waals surface area contributed by atoms with E-state index in [0.717, 1.165) is 0 Å². The van der Waals surface area contributed by atoms with Crippen molar-refractivity contribution >= 4 is 12.0 Å². The molecule has 21 heavy (non-hydrogen) atoms. The first-order valence-electron chi connectivity index (χ1n) is 6.95. The minimum atomic E-state index is -1.12. The molecule has 116 valence electrons. The Morgan fingerprint density at radius 1 is 1.33 bits per heavy atom. The van der Waals surface area contributed by atoms with Gasteiger partial charge in [-0.1, -0.05) is 0 Å². The molecule has 1 aliphatic rings. The maximum Gasteiger partial charge on any atom is 0.371 e. The zero-order valence-electron chi connectivity index (χ0n) is 12.5. The number of nitrogens with one attached hydrogen (secondary N) is 1. The van der Waals surface area contributed by atoms with Gasteiger partial charge in [0.1, 0.15) is 5.76 Å². The number of amides is 2. The second kappa shape index (κ2) is 6.17. The highest BCUT2D eigenvalue weighted by Gasteiger charge is 2.29. The van der Waals surface area contributed by atoms with Gasteiger partial charge in [0.2, 0.25) is 5.76 Å². The zero-order valence-corrected chi connectivity index (χ0v) is 12.5. The molecule has 2 unspecified atom stereocenters. The molecule has 1 aromatic rings. The third-order valence-corrected chi connectivity index (χ3v) is 3.93. The average molecular weight is 295 g/mol. The number of carbonyl (C=O) groups is 2. The van der Waals surface area contributed by atoms with Gasteiger partial charge in [-0.15, -0.1) is 0 Å². The fourth-order valence-corrected chi connectivity index (χ4v) is 2.43. The summed E-state index contributed by atoms with van der Waals surface area (Å²) in [5.41, 5.74) is 0. The molecule has 1 aliphatic heterocycles. The molecule has 0 radical (unpaired) electrons. The van der Waals surface area contributed by atoms with Crippen LogP contribution in [-0.4, -0.2) is 59.1 Å². The van der Waals surface area contributed by atoms with E-state index in [0.29, 0.717) is 30.9 Å². The maximum atomic E-state index is 12.1. The van der Waals surface area contributed by atoms with Gasteiger partial charge < -0.3 is 19.7 Å². The molecule has 1 saturated heterocycles. The van der Waals surface area contributed by atoms with E-state index in [1.807, 2.05) is 0 Å². The molecule has 2 rings (SSSR count). The highest BCUT2D eigenvalue weighted by atomic mass is 16.4. The summed E-state index contributed by atoms with van der Waals surface area (Å²) in [6.07, 6.45) is 0. The highest BCUT2D eigenvalue weighted by molar-refractivity contribution is 5.84. The summed E-state index contributed by atoms with van der Waals surface area (Å²) in [7, 11) is 2.06. The van der Waals surface area contributed by atoms with Gasteiger partial charge in [0.25, 0.3) is 0 Å². The smallest absolute Gasteiger partial charge is 0.371 e. The minimum Gasteiger partial charge on any atom is -0.475 e. The Morgan fingerprint density at radius 3 is 2.48 bits per heavy atom. The van der Waals surface area contributed by atoms with Crippen LogP contribution in [0.4, 0.5) is 4.79 Å². The zero-order chi connectivity index (χ0) is 15.6. The Balaban J connectivity index is 1.88. The number of likely N-dealkylation sites (N-methyl/N-ethyl adjacent to an activating group) is 1. The maximum absolute atomic E-state index is 12.1. The summed E-state index contributed by atoms with van der Waals surface area (Å²) in [6, 6.07) is 3.39. The average Bonchev–Trinajstić information content (AvgIpc) is 2.90. The molecule has 2 atom stereocenters. The number of nitrogens with zero attached hydrogens (tertiary/aromatic N) is 2. The van der Waals surface area contributed by atoms with Gasteiger partial charge in [-0.2, -0.15) is 0 Å². The van der Waals surface area contributed by atoms with Crippen LogP contribution in [0.3, 0.4) is 0 Å². The SMILES string of the molecule is CC1CN(C(=O)NCc2ccc(C(=O)O)o2)CC(C)N1C. The first-order valence-corrected chi connectivity index (χ1v) is 6.95. The fourth-order valence-electron chi connectivity index (χ4n) is 2.43. The number of carboxylic acid groups (broad SMARTS) is 1. The van der Waals surface area contributed by atoms with Crippen LogP contribution in [-0.2, 0) is 6.54 Å². The Morgan fingerprint density at radius 2 is 1.95 bits per heavy atom. The monoisotopic (exact) mass is 295 g/mol. The van der Waals surface area contributed by atoms with Crippen LogP contribution in [0.15, 0.2) is 16.5 Å². The third kappa shape index (κ3) is 3.55. The molecule has 2 heterocycles. The first-order chi connectivity index (χ1) is 9.88. The van der Waals surface area contributed by atoms with Crippen LogP contribution in [0.1, 0.15) is 30.2 Å². The predicted octanol–water partition coefficient (Wildman–Crippen LogP) is 1.21. The van der Waals surface area contributed by atoms with Crippen LogP contribution in [0.25, 0.3) is 0 Å². The van der Waals surface area contributed by atoms with Crippen molar-refractivity contribution in [3.63, 3.8) is 0 Å². The topological polar surface area (TPSA) is 86.0 Å². The Bertz CT molecular complexity index is 516. The fraction of sp³-hybridized carbons (Fsp3) is 0.571. The van der Waals surface area contributed by atoms with Crippen molar-refractivity contribution in [3.8, 4) is 0 Å². The molecular formula is C14H21N3O4. The van der Waals surface area contributed by atoms with E-state index in [1.54, 1.807) is 11.0 Å². The van der Waals surface area contributed by atoms with E-state index < -0.39 is 5.97 Å². The molecule has 0 aromatic carbocycles. The second-order valence-electron chi connectivity index (χ2n) is 5.50. The number of piperazine rings is 1. The van der Waals surface area contributed by atoms with Crippen LogP contribution in [0, 0.1) is 0 Å². The quantitative estimate of drug-likeness (QED) is 0.875. The standard InChI is InChI=1S/C14H21N3O4/c1-9-7-17(8-10(2)16(9)3)14(20)15-6-11-4-5-12(21-11)13(18)19/h4-5,9-10H,6-8H2,1-3H3,(H,15,20)(H,18,19). The van der Waals surface area contributed by atoms with E-state index in [-0.39, 0.29) is 18.3 Å². The molecule has 1 fully saturated rings. The van der Waals surface area contributed by atoms with Gasteiger partial charge >= 0.3 is 12.0 Å². The molecule has 7 nitrogen and oxygen atoms in total. The lowest BCUT2D eigenvalue weighted by Crippen LogP contribution is -2.58. The number of hydrogen-bond donors (Lipinski definition) is 2. The lowest BCUT2D eigenvalue weighted by molar-refractivity contribution is 0.0660. The van der Waals surface area contributed by atoms with Crippen molar-refractivity contribution in [1.82, 2.24) is 15.1 Å². The van der Waals surface area contributed by atoms with Crippen LogP contribution >= 0.6 is 0 Å².